The van der Waals surface area contributed by atoms with Gasteiger partial charge < -0.3 is 4.57 Å². The molecule has 6 heteroatoms. The SMILES string of the molecule is Cc1cc(C)cc(CSCC(=O)N/N=C\c2c(Br)c(C)n(-c3c(C)cccc3C)c2C)c1. The molecule has 0 aliphatic carbocycles. The van der Waals surface area contributed by atoms with Crippen LogP contribution < -0.4 is 5.43 Å². The number of amides is 1. The van der Waals surface area contributed by atoms with E-state index in [2.05, 4.69) is 109 Å². The number of hydrazone groups is 1. The Morgan fingerprint density at radius 1 is 1.03 bits per heavy atom. The summed E-state index contributed by atoms with van der Waals surface area (Å²) >= 11 is 5.31. The Labute approximate surface area is 203 Å². The molecule has 1 N–H and O–H groups in total. The molecule has 0 spiro atoms. The van der Waals surface area contributed by atoms with E-state index in [-0.39, 0.29) is 5.91 Å². The quantitative estimate of drug-likeness (QED) is 0.291. The Hall–Kier alpha value is -2.31. The summed E-state index contributed by atoms with van der Waals surface area (Å²) in [7, 11) is 0. The second kappa shape index (κ2) is 10.5. The highest BCUT2D eigenvalue weighted by molar-refractivity contribution is 9.10. The molecular formula is C26H30BrN3OS. The van der Waals surface area contributed by atoms with Gasteiger partial charge in [0.25, 0.3) is 0 Å². The van der Waals surface area contributed by atoms with Gasteiger partial charge in [0.15, 0.2) is 0 Å². The number of nitrogens with one attached hydrogen (secondary N) is 1. The number of thioether (sulfide) groups is 1. The minimum atomic E-state index is -0.102. The first-order chi connectivity index (χ1) is 15.2. The van der Waals surface area contributed by atoms with Crippen molar-refractivity contribution >= 4 is 39.8 Å². The molecule has 0 saturated carbocycles. The lowest BCUT2D eigenvalue weighted by Gasteiger charge is -2.15. The van der Waals surface area contributed by atoms with E-state index in [1.165, 1.54) is 33.5 Å². The maximum atomic E-state index is 12.2. The van der Waals surface area contributed by atoms with E-state index in [1.807, 2.05) is 0 Å². The van der Waals surface area contributed by atoms with Gasteiger partial charge in [0.2, 0.25) is 5.91 Å². The Kier molecular flexibility index (Phi) is 8.01. The van der Waals surface area contributed by atoms with Crippen LogP contribution in [0.1, 0.15) is 44.8 Å². The third-order valence-electron chi connectivity index (χ3n) is 5.44. The Morgan fingerprint density at radius 3 is 2.28 bits per heavy atom. The predicted octanol–water partition coefficient (Wildman–Crippen LogP) is 6.47. The van der Waals surface area contributed by atoms with Crippen molar-refractivity contribution in [1.29, 1.82) is 0 Å². The Bertz CT molecular complexity index is 1140. The summed E-state index contributed by atoms with van der Waals surface area (Å²) in [5.74, 6) is 1.07. The summed E-state index contributed by atoms with van der Waals surface area (Å²) in [6.45, 7) is 12.6. The van der Waals surface area contributed by atoms with Gasteiger partial charge >= 0.3 is 0 Å². The van der Waals surface area contributed by atoms with E-state index in [1.54, 1.807) is 18.0 Å². The number of nitrogens with zero attached hydrogens (tertiary/aromatic N) is 2. The predicted molar refractivity (Wildman–Crippen MR) is 140 cm³/mol. The van der Waals surface area contributed by atoms with Crippen LogP contribution in [0.2, 0.25) is 0 Å². The van der Waals surface area contributed by atoms with Crippen molar-refractivity contribution in [3.8, 4) is 5.69 Å². The molecule has 0 aliphatic rings. The number of carbonyl (C=O) groups excluding carboxylic acids is 1. The second-order valence-corrected chi connectivity index (χ2v) is 10.0. The van der Waals surface area contributed by atoms with Gasteiger partial charge in [0, 0.05) is 27.2 Å². The van der Waals surface area contributed by atoms with Gasteiger partial charge in [-0.1, -0.05) is 47.5 Å². The number of aryl methyl sites for hydroxylation is 4. The highest BCUT2D eigenvalue weighted by Gasteiger charge is 2.18. The Balaban J connectivity index is 1.66. The first kappa shape index (κ1) is 24.3. The van der Waals surface area contributed by atoms with Gasteiger partial charge in [0.1, 0.15) is 0 Å². The molecule has 1 aromatic heterocycles. The zero-order valence-electron chi connectivity index (χ0n) is 19.5. The van der Waals surface area contributed by atoms with Gasteiger partial charge in [-0.2, -0.15) is 5.10 Å². The maximum absolute atomic E-state index is 12.2. The lowest BCUT2D eigenvalue weighted by molar-refractivity contribution is -0.118. The zero-order valence-corrected chi connectivity index (χ0v) is 21.9. The number of para-hydroxylation sites is 1. The third-order valence-corrected chi connectivity index (χ3v) is 7.45. The Morgan fingerprint density at radius 2 is 1.66 bits per heavy atom. The van der Waals surface area contributed by atoms with Gasteiger partial charge in [0.05, 0.1) is 17.7 Å². The molecular weight excluding hydrogens is 482 g/mol. The number of aromatic nitrogens is 1. The zero-order chi connectivity index (χ0) is 23.4. The number of rotatable bonds is 7. The van der Waals surface area contributed by atoms with Crippen molar-refractivity contribution in [1.82, 2.24) is 9.99 Å². The lowest BCUT2D eigenvalue weighted by Crippen LogP contribution is -2.19. The molecule has 0 aliphatic heterocycles. The lowest BCUT2D eigenvalue weighted by atomic mass is 10.1. The van der Waals surface area contributed by atoms with Crippen LogP contribution in [0.5, 0.6) is 0 Å². The van der Waals surface area contributed by atoms with Crippen molar-refractivity contribution < 1.29 is 4.79 Å². The minimum Gasteiger partial charge on any atom is -0.316 e. The van der Waals surface area contributed by atoms with Crippen LogP contribution in [0, 0.1) is 41.5 Å². The molecule has 1 amide bonds. The van der Waals surface area contributed by atoms with Gasteiger partial charge in [-0.25, -0.2) is 5.43 Å². The molecule has 3 rings (SSSR count). The number of halogens is 1. The molecule has 0 bridgehead atoms. The van der Waals surface area contributed by atoms with Crippen LogP contribution in [-0.2, 0) is 10.5 Å². The van der Waals surface area contributed by atoms with Crippen LogP contribution >= 0.6 is 27.7 Å². The van der Waals surface area contributed by atoms with Crippen molar-refractivity contribution in [2.75, 3.05) is 5.75 Å². The fourth-order valence-corrected chi connectivity index (χ4v) is 5.40. The van der Waals surface area contributed by atoms with E-state index < -0.39 is 0 Å². The number of benzene rings is 2. The molecule has 0 saturated heterocycles. The highest BCUT2D eigenvalue weighted by atomic mass is 79.9. The average molecular weight is 513 g/mol. The fourth-order valence-electron chi connectivity index (χ4n) is 4.08. The number of carbonyl (C=O) groups is 1. The normalized spacial score (nSPS) is 11.3. The number of hydrogen-bond donors (Lipinski definition) is 1. The molecule has 32 heavy (non-hydrogen) atoms. The molecule has 3 aromatic rings. The number of hydrogen-bond acceptors (Lipinski definition) is 3. The van der Waals surface area contributed by atoms with Crippen LogP contribution in [0.15, 0.2) is 46.0 Å². The highest BCUT2D eigenvalue weighted by Crippen LogP contribution is 2.32. The fraction of sp³-hybridized carbons (Fsp3) is 0.308. The maximum Gasteiger partial charge on any atom is 0.250 e. The largest absolute Gasteiger partial charge is 0.316 e. The summed E-state index contributed by atoms with van der Waals surface area (Å²) in [4.78, 5) is 12.2. The summed E-state index contributed by atoms with van der Waals surface area (Å²) in [5, 5.41) is 4.23. The minimum absolute atomic E-state index is 0.102. The first-order valence-electron chi connectivity index (χ1n) is 10.6. The molecule has 1 heterocycles. The summed E-state index contributed by atoms with van der Waals surface area (Å²) < 4.78 is 3.23. The summed E-state index contributed by atoms with van der Waals surface area (Å²) in [5.41, 5.74) is 13.2. The van der Waals surface area contributed by atoms with Gasteiger partial charge in [-0.3, -0.25) is 4.79 Å². The van der Waals surface area contributed by atoms with Gasteiger partial charge in [-0.15, -0.1) is 11.8 Å². The molecule has 4 nitrogen and oxygen atoms in total. The standard InChI is InChI=1S/C26H30BrN3OS/c1-16-10-17(2)12-22(11-16)14-32-15-24(31)29-28-13-23-20(5)30(21(6)25(23)27)26-18(3)8-7-9-19(26)4/h7-13H,14-15H2,1-6H3,(H,29,31)/b28-13-. The summed E-state index contributed by atoms with van der Waals surface area (Å²) in [6.07, 6.45) is 1.73. The van der Waals surface area contributed by atoms with Crippen molar-refractivity contribution in [2.24, 2.45) is 5.10 Å². The van der Waals surface area contributed by atoms with Gasteiger partial charge in [-0.05, 0) is 74.2 Å². The molecule has 2 aromatic carbocycles. The van der Waals surface area contributed by atoms with Crippen molar-refractivity contribution in [3.63, 3.8) is 0 Å². The monoisotopic (exact) mass is 511 g/mol. The summed E-state index contributed by atoms with van der Waals surface area (Å²) in [6, 6.07) is 12.8. The average Bonchev–Trinajstić information content (AvgIpc) is 2.91. The molecule has 0 unspecified atom stereocenters. The van der Waals surface area contributed by atoms with E-state index in [0.717, 1.165) is 27.2 Å². The van der Waals surface area contributed by atoms with E-state index in [4.69, 9.17) is 0 Å². The molecule has 0 fully saturated rings. The van der Waals surface area contributed by atoms with E-state index >= 15 is 0 Å². The third kappa shape index (κ3) is 5.54. The van der Waals surface area contributed by atoms with Crippen molar-refractivity contribution in [3.05, 3.63) is 85.6 Å². The second-order valence-electron chi connectivity index (χ2n) is 8.26. The topological polar surface area (TPSA) is 46.4 Å². The van der Waals surface area contributed by atoms with Crippen LogP contribution in [-0.4, -0.2) is 22.4 Å². The van der Waals surface area contributed by atoms with Crippen LogP contribution in [0.25, 0.3) is 5.69 Å². The molecule has 168 valence electrons. The molecule has 0 radical (unpaired) electrons. The van der Waals surface area contributed by atoms with E-state index in [0.29, 0.717) is 5.75 Å². The van der Waals surface area contributed by atoms with E-state index in [9.17, 15) is 4.79 Å². The first-order valence-corrected chi connectivity index (χ1v) is 12.5. The smallest absolute Gasteiger partial charge is 0.250 e. The molecule has 0 atom stereocenters. The van der Waals surface area contributed by atoms with Crippen molar-refractivity contribution in [2.45, 2.75) is 47.3 Å². The van der Waals surface area contributed by atoms with Crippen LogP contribution in [0.4, 0.5) is 0 Å². The van der Waals surface area contributed by atoms with Crippen LogP contribution in [0.3, 0.4) is 0 Å².